The van der Waals surface area contributed by atoms with Crippen LogP contribution < -0.4 is 14.8 Å². The molecule has 2 N–H and O–H groups in total. The van der Waals surface area contributed by atoms with Gasteiger partial charge in [-0.1, -0.05) is 30.3 Å². The zero-order valence-electron chi connectivity index (χ0n) is 16.0. The van der Waals surface area contributed by atoms with Crippen LogP contribution in [-0.4, -0.2) is 29.8 Å². The molecule has 2 aromatic carbocycles. The van der Waals surface area contributed by atoms with Gasteiger partial charge >= 0.3 is 0 Å². The van der Waals surface area contributed by atoms with E-state index in [0.29, 0.717) is 6.61 Å². The van der Waals surface area contributed by atoms with Crippen molar-refractivity contribution in [2.24, 2.45) is 0 Å². The first-order valence-electron chi connectivity index (χ1n) is 9.58. The summed E-state index contributed by atoms with van der Waals surface area (Å²) in [5, 5.41) is 3.51. The Bertz CT molecular complexity index is 981. The van der Waals surface area contributed by atoms with Gasteiger partial charge in [0.2, 0.25) is 0 Å². The number of imidazole rings is 1. The van der Waals surface area contributed by atoms with Crippen molar-refractivity contribution in [3.8, 4) is 11.5 Å². The van der Waals surface area contributed by atoms with E-state index in [4.69, 9.17) is 21.7 Å². The Morgan fingerprint density at radius 1 is 1.25 bits per heavy atom. The Kier molecular flexibility index (Phi) is 5.78. The number of hydrogen-bond donors (Lipinski definition) is 2. The maximum atomic E-state index is 6.00. The van der Waals surface area contributed by atoms with Crippen LogP contribution in [0, 0.1) is 4.77 Å². The van der Waals surface area contributed by atoms with E-state index in [9.17, 15) is 0 Å². The second kappa shape index (κ2) is 8.63. The summed E-state index contributed by atoms with van der Waals surface area (Å²) in [4.78, 5) is 3.21. The van der Waals surface area contributed by atoms with Crippen molar-refractivity contribution in [2.45, 2.75) is 25.4 Å². The number of nitrogens with zero attached hydrogens (tertiary/aromatic N) is 1. The summed E-state index contributed by atoms with van der Waals surface area (Å²) in [7, 11) is 1.69. The van der Waals surface area contributed by atoms with Crippen molar-refractivity contribution in [1.29, 1.82) is 0 Å². The second-order valence-electron chi connectivity index (χ2n) is 7.01. The molecule has 0 saturated carbocycles. The Hall–Kier alpha value is -2.57. The molecule has 1 aliphatic heterocycles. The zero-order chi connectivity index (χ0) is 19.3. The van der Waals surface area contributed by atoms with Crippen molar-refractivity contribution >= 4 is 12.2 Å². The number of methoxy groups -OCH3 is 1. The van der Waals surface area contributed by atoms with E-state index >= 15 is 0 Å². The molecule has 1 aromatic heterocycles. The Morgan fingerprint density at radius 2 is 2.11 bits per heavy atom. The third-order valence-electron chi connectivity index (χ3n) is 5.14. The van der Waals surface area contributed by atoms with Crippen molar-refractivity contribution in [3.63, 3.8) is 0 Å². The van der Waals surface area contributed by atoms with Crippen LogP contribution in [-0.2, 0) is 19.4 Å². The van der Waals surface area contributed by atoms with E-state index in [1.807, 2.05) is 24.4 Å². The van der Waals surface area contributed by atoms with Gasteiger partial charge in [0.15, 0.2) is 4.77 Å². The maximum absolute atomic E-state index is 6.00. The molecule has 0 bridgehead atoms. The molecule has 1 atom stereocenters. The van der Waals surface area contributed by atoms with Gasteiger partial charge in [-0.15, -0.1) is 0 Å². The van der Waals surface area contributed by atoms with E-state index in [1.165, 1.54) is 11.3 Å². The minimum absolute atomic E-state index is 0.183. The Morgan fingerprint density at radius 3 is 2.93 bits per heavy atom. The number of rotatable bonds is 7. The molecule has 1 aliphatic rings. The number of hydrogen-bond acceptors (Lipinski definition) is 4. The summed E-state index contributed by atoms with van der Waals surface area (Å²) in [5.41, 5.74) is 3.65. The van der Waals surface area contributed by atoms with Crippen LogP contribution in [0.3, 0.4) is 0 Å². The molecule has 0 aliphatic carbocycles. The lowest BCUT2D eigenvalue weighted by Crippen LogP contribution is -2.27. The van der Waals surface area contributed by atoms with Gasteiger partial charge in [-0.25, -0.2) is 0 Å². The molecule has 4 rings (SSSR count). The molecule has 0 amide bonds. The van der Waals surface area contributed by atoms with Gasteiger partial charge in [-0.2, -0.15) is 0 Å². The van der Waals surface area contributed by atoms with Gasteiger partial charge < -0.3 is 24.3 Å². The SMILES string of the molecule is COc1ccc2c(c1)C[C@H](n1c(CCNCc3ccccc3)c[nH]c1=S)CO2. The summed E-state index contributed by atoms with van der Waals surface area (Å²) in [6.07, 6.45) is 3.80. The van der Waals surface area contributed by atoms with Gasteiger partial charge in [0.05, 0.1) is 13.2 Å². The summed E-state index contributed by atoms with van der Waals surface area (Å²) >= 11 is 5.56. The van der Waals surface area contributed by atoms with E-state index in [2.05, 4.69) is 45.2 Å². The highest BCUT2D eigenvalue weighted by Crippen LogP contribution is 2.33. The van der Waals surface area contributed by atoms with Crippen LogP contribution in [0.25, 0.3) is 0 Å². The highest BCUT2D eigenvalue weighted by Gasteiger charge is 2.24. The van der Waals surface area contributed by atoms with E-state index in [0.717, 1.165) is 47.8 Å². The van der Waals surface area contributed by atoms with Gasteiger partial charge in [0.25, 0.3) is 0 Å². The molecular formula is C22H25N3O2S. The van der Waals surface area contributed by atoms with Gasteiger partial charge in [-0.3, -0.25) is 0 Å². The normalized spacial score (nSPS) is 15.7. The lowest BCUT2D eigenvalue weighted by Gasteiger charge is -2.28. The average Bonchev–Trinajstić information content (AvgIpc) is 3.11. The summed E-state index contributed by atoms with van der Waals surface area (Å²) in [5.74, 6) is 1.79. The molecule has 146 valence electrons. The van der Waals surface area contributed by atoms with Gasteiger partial charge in [0, 0.05) is 37.8 Å². The standard InChI is InChI=1S/C22H25N3O2S/c1-26-20-7-8-21-17(12-20)11-19(15-27-21)25-18(14-24-22(25)28)9-10-23-13-16-5-3-2-4-6-16/h2-8,12,14,19,23H,9-11,13,15H2,1H3,(H,24,28)/t19-/m0/s1. The monoisotopic (exact) mass is 395 g/mol. The van der Waals surface area contributed by atoms with Crippen molar-refractivity contribution in [3.05, 3.63) is 76.3 Å². The largest absolute Gasteiger partial charge is 0.497 e. The summed E-state index contributed by atoms with van der Waals surface area (Å²) in [6.45, 7) is 2.38. The Labute approximate surface area is 170 Å². The Balaban J connectivity index is 1.42. The minimum atomic E-state index is 0.183. The van der Waals surface area contributed by atoms with Crippen LogP contribution in [0.15, 0.2) is 54.7 Å². The topological polar surface area (TPSA) is 51.2 Å². The fourth-order valence-corrected chi connectivity index (χ4v) is 4.03. The molecule has 0 saturated heterocycles. The first kappa shape index (κ1) is 18.8. The highest BCUT2D eigenvalue weighted by molar-refractivity contribution is 7.71. The number of nitrogens with one attached hydrogen (secondary N) is 2. The fourth-order valence-electron chi connectivity index (χ4n) is 3.70. The smallest absolute Gasteiger partial charge is 0.177 e. The predicted octanol–water partition coefficient (Wildman–Crippen LogP) is 4.06. The molecule has 0 radical (unpaired) electrons. The quantitative estimate of drug-likeness (QED) is 0.468. The van der Waals surface area contributed by atoms with E-state index in [1.54, 1.807) is 7.11 Å². The lowest BCUT2D eigenvalue weighted by atomic mass is 10.0. The van der Waals surface area contributed by atoms with Crippen LogP contribution in [0.1, 0.15) is 22.9 Å². The summed E-state index contributed by atoms with van der Waals surface area (Å²) in [6, 6.07) is 16.6. The average molecular weight is 396 g/mol. The van der Waals surface area contributed by atoms with Crippen LogP contribution in [0.5, 0.6) is 11.5 Å². The number of aromatic amines is 1. The number of aromatic nitrogens is 2. The molecule has 3 aromatic rings. The first-order valence-corrected chi connectivity index (χ1v) is 9.98. The number of H-pyrrole nitrogens is 1. The van der Waals surface area contributed by atoms with Gasteiger partial charge in [0.1, 0.15) is 18.1 Å². The predicted molar refractivity (Wildman–Crippen MR) is 113 cm³/mol. The molecular weight excluding hydrogens is 370 g/mol. The summed E-state index contributed by atoms with van der Waals surface area (Å²) < 4.78 is 14.3. The van der Waals surface area contributed by atoms with Crippen LogP contribution in [0.2, 0.25) is 0 Å². The van der Waals surface area contributed by atoms with Crippen molar-refractivity contribution in [2.75, 3.05) is 20.3 Å². The second-order valence-corrected chi connectivity index (χ2v) is 7.40. The lowest BCUT2D eigenvalue weighted by molar-refractivity contribution is 0.220. The third kappa shape index (κ3) is 4.13. The van der Waals surface area contributed by atoms with Gasteiger partial charge in [-0.05, 0) is 41.5 Å². The third-order valence-corrected chi connectivity index (χ3v) is 5.45. The molecule has 5 nitrogen and oxygen atoms in total. The van der Waals surface area contributed by atoms with Crippen molar-refractivity contribution < 1.29 is 9.47 Å². The molecule has 0 fully saturated rings. The number of ether oxygens (including phenoxy) is 2. The number of benzene rings is 2. The maximum Gasteiger partial charge on any atom is 0.177 e. The molecule has 28 heavy (non-hydrogen) atoms. The molecule has 6 heteroatoms. The minimum Gasteiger partial charge on any atom is -0.497 e. The first-order chi connectivity index (χ1) is 13.7. The molecule has 0 spiro atoms. The highest BCUT2D eigenvalue weighted by atomic mass is 32.1. The van der Waals surface area contributed by atoms with E-state index in [-0.39, 0.29) is 6.04 Å². The zero-order valence-corrected chi connectivity index (χ0v) is 16.8. The fraction of sp³-hybridized carbons (Fsp3) is 0.318. The van der Waals surface area contributed by atoms with E-state index < -0.39 is 0 Å². The van der Waals surface area contributed by atoms with Crippen molar-refractivity contribution in [1.82, 2.24) is 14.9 Å². The number of fused-ring (bicyclic) bond motifs is 1. The van der Waals surface area contributed by atoms with Crippen LogP contribution in [0.4, 0.5) is 0 Å². The molecule has 0 unspecified atom stereocenters. The van der Waals surface area contributed by atoms with Crippen LogP contribution >= 0.6 is 12.2 Å². The molecule has 2 heterocycles.